The van der Waals surface area contributed by atoms with Crippen molar-refractivity contribution in [1.82, 2.24) is 9.97 Å². The summed E-state index contributed by atoms with van der Waals surface area (Å²) in [6.07, 6.45) is 0. The number of carbonyl (C=O) groups is 2. The van der Waals surface area contributed by atoms with Crippen molar-refractivity contribution < 1.29 is 19.8 Å². The van der Waals surface area contributed by atoms with Crippen LogP contribution in [-0.4, -0.2) is 32.1 Å². The molecular weight excluding hydrogens is 366 g/mol. The minimum Gasteiger partial charge on any atom is -0.510 e. The first-order valence-corrected chi connectivity index (χ1v) is 8.02. The molecule has 0 atom stereocenters. The zero-order chi connectivity index (χ0) is 20.3. The summed E-state index contributed by atoms with van der Waals surface area (Å²) in [5, 5.41) is 29.0. The van der Waals surface area contributed by atoms with Gasteiger partial charge in [-0.15, -0.1) is 10.2 Å². The standard InChI is InChI=1S/C18H15N5O5/c1-9(24)15(23-22-12-5-3-2-4-11(12)17(26)27)16(25)19-10-6-7-13-14(8-10)21-18(28)20-13/h2-8,24H,1H3,(H,19,25)(H,26,27)(H2,20,21,28)/b15-9-,23-22?. The molecule has 0 aliphatic carbocycles. The Balaban J connectivity index is 1.86. The van der Waals surface area contributed by atoms with E-state index >= 15 is 0 Å². The van der Waals surface area contributed by atoms with E-state index in [0.717, 1.165) is 0 Å². The fourth-order valence-electron chi connectivity index (χ4n) is 2.43. The molecule has 5 N–H and O–H groups in total. The number of aromatic nitrogens is 2. The van der Waals surface area contributed by atoms with E-state index in [1.807, 2.05) is 0 Å². The number of amides is 1. The van der Waals surface area contributed by atoms with Crippen molar-refractivity contribution in [2.24, 2.45) is 10.2 Å². The molecule has 10 nitrogen and oxygen atoms in total. The first-order valence-electron chi connectivity index (χ1n) is 8.02. The van der Waals surface area contributed by atoms with E-state index in [2.05, 4.69) is 25.5 Å². The number of imidazole rings is 1. The maximum absolute atomic E-state index is 12.5. The minimum absolute atomic E-state index is 0.0351. The SMILES string of the molecule is C/C(O)=C(/N=Nc1ccccc1C(=O)O)C(=O)Nc1ccc2[nH]c(=O)[nH]c2c1. The molecule has 28 heavy (non-hydrogen) atoms. The van der Waals surface area contributed by atoms with Crippen molar-refractivity contribution >= 4 is 34.3 Å². The summed E-state index contributed by atoms with van der Waals surface area (Å²) in [5.74, 6) is -2.35. The van der Waals surface area contributed by atoms with E-state index < -0.39 is 17.6 Å². The lowest BCUT2D eigenvalue weighted by Crippen LogP contribution is -2.14. The number of fused-ring (bicyclic) bond motifs is 1. The summed E-state index contributed by atoms with van der Waals surface area (Å²) in [7, 11) is 0. The summed E-state index contributed by atoms with van der Waals surface area (Å²) < 4.78 is 0. The van der Waals surface area contributed by atoms with Gasteiger partial charge < -0.3 is 25.5 Å². The second-order valence-corrected chi connectivity index (χ2v) is 5.75. The Kier molecular flexibility index (Phi) is 5.03. The fraction of sp³-hybridized carbons (Fsp3) is 0.0556. The highest BCUT2D eigenvalue weighted by molar-refractivity contribution is 6.04. The quantitative estimate of drug-likeness (QED) is 0.260. The van der Waals surface area contributed by atoms with Gasteiger partial charge in [-0.3, -0.25) is 4.79 Å². The van der Waals surface area contributed by atoms with Gasteiger partial charge in [0.2, 0.25) is 0 Å². The van der Waals surface area contributed by atoms with Crippen LogP contribution in [0, 0.1) is 0 Å². The smallest absolute Gasteiger partial charge is 0.337 e. The lowest BCUT2D eigenvalue weighted by atomic mass is 10.2. The lowest BCUT2D eigenvalue weighted by molar-refractivity contribution is -0.113. The summed E-state index contributed by atoms with van der Waals surface area (Å²) in [6, 6.07) is 10.6. The van der Waals surface area contributed by atoms with Gasteiger partial charge in [-0.1, -0.05) is 12.1 Å². The molecule has 3 aromatic rings. The minimum atomic E-state index is -1.20. The number of aromatic amines is 2. The van der Waals surface area contributed by atoms with Crippen LogP contribution in [-0.2, 0) is 4.79 Å². The van der Waals surface area contributed by atoms with Crippen LogP contribution in [0.2, 0.25) is 0 Å². The molecule has 1 amide bonds. The van der Waals surface area contributed by atoms with Gasteiger partial charge in [0.15, 0.2) is 5.70 Å². The van der Waals surface area contributed by atoms with E-state index in [1.54, 1.807) is 18.2 Å². The Labute approximate surface area is 157 Å². The zero-order valence-electron chi connectivity index (χ0n) is 14.6. The molecule has 2 aromatic carbocycles. The maximum Gasteiger partial charge on any atom is 0.337 e. The van der Waals surface area contributed by atoms with Crippen LogP contribution >= 0.6 is 0 Å². The number of allylic oxidation sites excluding steroid dienone is 1. The van der Waals surface area contributed by atoms with Crippen LogP contribution in [0.5, 0.6) is 0 Å². The van der Waals surface area contributed by atoms with E-state index in [0.29, 0.717) is 16.7 Å². The van der Waals surface area contributed by atoms with Crippen LogP contribution in [0.15, 0.2) is 68.9 Å². The monoisotopic (exact) mass is 381 g/mol. The Bertz CT molecular complexity index is 1180. The number of anilines is 1. The fourth-order valence-corrected chi connectivity index (χ4v) is 2.43. The van der Waals surface area contributed by atoms with Crippen molar-refractivity contribution in [1.29, 1.82) is 0 Å². The van der Waals surface area contributed by atoms with E-state index in [9.17, 15) is 19.5 Å². The van der Waals surface area contributed by atoms with Gasteiger partial charge in [-0.25, -0.2) is 9.59 Å². The molecule has 0 saturated heterocycles. The zero-order valence-corrected chi connectivity index (χ0v) is 14.6. The second kappa shape index (κ2) is 7.58. The maximum atomic E-state index is 12.5. The molecule has 0 aliphatic rings. The Morgan fingerprint density at radius 3 is 2.46 bits per heavy atom. The summed E-state index contributed by atoms with van der Waals surface area (Å²) in [4.78, 5) is 40.1. The Morgan fingerprint density at radius 1 is 1.04 bits per heavy atom. The molecule has 0 fully saturated rings. The first-order chi connectivity index (χ1) is 13.3. The lowest BCUT2D eigenvalue weighted by Gasteiger charge is -2.06. The average Bonchev–Trinajstić information content (AvgIpc) is 3.01. The molecule has 0 radical (unpaired) electrons. The summed E-state index contributed by atoms with van der Waals surface area (Å²) in [5.41, 5.74) is 0.594. The molecule has 142 valence electrons. The number of carboxylic acids is 1. The van der Waals surface area contributed by atoms with Gasteiger partial charge >= 0.3 is 11.7 Å². The number of benzene rings is 2. The number of rotatable bonds is 5. The molecule has 0 saturated carbocycles. The van der Waals surface area contributed by atoms with Gasteiger partial charge in [-0.2, -0.15) is 0 Å². The third-order valence-electron chi connectivity index (χ3n) is 3.72. The molecular formula is C18H15N5O5. The molecule has 0 spiro atoms. The number of H-pyrrole nitrogens is 2. The largest absolute Gasteiger partial charge is 0.510 e. The Hall–Kier alpha value is -4.21. The van der Waals surface area contributed by atoms with Crippen molar-refractivity contribution in [2.75, 3.05) is 5.32 Å². The highest BCUT2D eigenvalue weighted by Crippen LogP contribution is 2.21. The van der Waals surface area contributed by atoms with Crippen LogP contribution in [0.4, 0.5) is 11.4 Å². The average molecular weight is 381 g/mol. The third kappa shape index (κ3) is 3.96. The molecule has 0 bridgehead atoms. The first kappa shape index (κ1) is 18.6. The summed E-state index contributed by atoms with van der Waals surface area (Å²) >= 11 is 0. The number of azo groups is 1. The molecule has 10 heteroatoms. The predicted octanol–water partition coefficient (Wildman–Crippen LogP) is 3.07. The molecule has 3 rings (SSSR count). The summed E-state index contributed by atoms with van der Waals surface area (Å²) in [6.45, 7) is 1.25. The van der Waals surface area contributed by atoms with E-state index in [-0.39, 0.29) is 22.6 Å². The highest BCUT2D eigenvalue weighted by atomic mass is 16.4. The Morgan fingerprint density at radius 2 is 1.75 bits per heavy atom. The number of carboxylic acid groups (broad SMARTS) is 1. The van der Waals surface area contributed by atoms with Crippen LogP contribution < -0.4 is 11.0 Å². The third-order valence-corrected chi connectivity index (χ3v) is 3.72. The highest BCUT2D eigenvalue weighted by Gasteiger charge is 2.15. The topological polar surface area (TPSA) is 160 Å². The van der Waals surface area contributed by atoms with Gasteiger partial charge in [0, 0.05) is 5.69 Å². The molecule has 1 heterocycles. The molecule has 0 unspecified atom stereocenters. The number of nitrogens with one attached hydrogen (secondary N) is 3. The number of aliphatic hydroxyl groups is 1. The van der Waals surface area contributed by atoms with Crippen LogP contribution in [0.3, 0.4) is 0 Å². The van der Waals surface area contributed by atoms with Gasteiger partial charge in [0.25, 0.3) is 5.91 Å². The number of hydrogen-bond donors (Lipinski definition) is 5. The van der Waals surface area contributed by atoms with Crippen molar-refractivity contribution in [2.45, 2.75) is 6.92 Å². The second-order valence-electron chi connectivity index (χ2n) is 5.75. The van der Waals surface area contributed by atoms with E-state index in [4.69, 9.17) is 5.11 Å². The van der Waals surface area contributed by atoms with Gasteiger partial charge in [-0.05, 0) is 37.3 Å². The molecule has 0 aliphatic heterocycles. The van der Waals surface area contributed by atoms with Crippen LogP contribution in [0.25, 0.3) is 11.0 Å². The number of hydrogen-bond acceptors (Lipinski definition) is 6. The van der Waals surface area contributed by atoms with Crippen molar-refractivity contribution in [3.8, 4) is 0 Å². The van der Waals surface area contributed by atoms with E-state index in [1.165, 1.54) is 31.2 Å². The van der Waals surface area contributed by atoms with Crippen molar-refractivity contribution in [3.63, 3.8) is 0 Å². The number of aliphatic hydroxyl groups excluding tert-OH is 1. The predicted molar refractivity (Wildman–Crippen MR) is 101 cm³/mol. The normalized spacial score (nSPS) is 12.2. The van der Waals surface area contributed by atoms with Gasteiger partial charge in [0.05, 0.1) is 16.6 Å². The number of aromatic carboxylic acids is 1. The number of nitrogens with zero attached hydrogens (tertiary/aromatic N) is 2. The molecule has 1 aromatic heterocycles. The van der Waals surface area contributed by atoms with Crippen LogP contribution in [0.1, 0.15) is 17.3 Å². The van der Waals surface area contributed by atoms with Gasteiger partial charge in [0.1, 0.15) is 11.4 Å². The van der Waals surface area contributed by atoms with Crippen molar-refractivity contribution in [3.05, 3.63) is 70.0 Å². The number of carbonyl (C=O) groups excluding carboxylic acids is 1.